The number of carbonyl (C=O) groups excluding carboxylic acids is 1. The highest BCUT2D eigenvalue weighted by Gasteiger charge is 2.25. The van der Waals surface area contributed by atoms with E-state index >= 15 is 0 Å². The summed E-state index contributed by atoms with van der Waals surface area (Å²) in [6, 6.07) is 10.0. The van der Waals surface area contributed by atoms with Crippen LogP contribution in [0.25, 0.3) is 0 Å². The first-order chi connectivity index (χ1) is 11.2. The summed E-state index contributed by atoms with van der Waals surface area (Å²) >= 11 is 0. The zero-order chi connectivity index (χ0) is 16.2. The third-order valence-corrected chi connectivity index (χ3v) is 4.71. The van der Waals surface area contributed by atoms with E-state index in [1.807, 2.05) is 42.3 Å². The van der Waals surface area contributed by atoms with Gasteiger partial charge in [0.05, 0.1) is 6.54 Å². The minimum absolute atomic E-state index is 0.0776. The van der Waals surface area contributed by atoms with Crippen molar-refractivity contribution in [2.45, 2.75) is 44.7 Å². The molecule has 23 heavy (non-hydrogen) atoms. The van der Waals surface area contributed by atoms with Crippen molar-refractivity contribution < 1.29 is 4.79 Å². The predicted molar refractivity (Wildman–Crippen MR) is 89.6 cm³/mol. The van der Waals surface area contributed by atoms with Crippen LogP contribution in [0.5, 0.6) is 0 Å². The molecule has 2 aromatic rings. The van der Waals surface area contributed by atoms with Crippen LogP contribution in [0.4, 0.5) is 0 Å². The van der Waals surface area contributed by atoms with E-state index in [0.717, 1.165) is 18.4 Å². The minimum Gasteiger partial charge on any atom is -0.337 e. The number of aromatic nitrogens is 2. The number of hydrogen-bond donors (Lipinski definition) is 1. The molecule has 0 aliphatic heterocycles. The molecule has 0 atom stereocenters. The Labute approximate surface area is 135 Å². The maximum Gasteiger partial charge on any atom is 0.326 e. The summed E-state index contributed by atoms with van der Waals surface area (Å²) in [4.78, 5) is 29.4. The Hall–Kier alpha value is -2.30. The van der Waals surface area contributed by atoms with Crippen LogP contribution in [0.15, 0.2) is 41.3 Å². The lowest BCUT2D eigenvalue weighted by Crippen LogP contribution is -2.39. The lowest BCUT2D eigenvalue weighted by molar-refractivity contribution is 0.0685. The molecule has 1 aliphatic rings. The number of imidazole rings is 1. The van der Waals surface area contributed by atoms with Crippen molar-refractivity contribution in [3.63, 3.8) is 0 Å². The summed E-state index contributed by atoms with van der Waals surface area (Å²) in [5.74, 6) is -0.0776. The Morgan fingerprint density at radius 1 is 1.22 bits per heavy atom. The van der Waals surface area contributed by atoms with E-state index in [2.05, 4.69) is 4.98 Å². The number of amides is 1. The molecular weight excluding hydrogens is 290 g/mol. The number of aromatic amines is 1. The number of hydrogen-bond acceptors (Lipinski definition) is 2. The first-order valence-corrected chi connectivity index (χ1v) is 8.26. The zero-order valence-corrected chi connectivity index (χ0v) is 13.5. The maximum atomic E-state index is 12.8. The molecule has 1 aromatic heterocycles. The monoisotopic (exact) mass is 313 g/mol. The van der Waals surface area contributed by atoms with Crippen LogP contribution < -0.4 is 5.69 Å². The summed E-state index contributed by atoms with van der Waals surface area (Å²) in [6.07, 6.45) is 7.23. The molecule has 5 heteroatoms. The molecular formula is C18H23N3O2. The zero-order valence-electron chi connectivity index (χ0n) is 13.5. The van der Waals surface area contributed by atoms with Crippen molar-refractivity contribution in [3.8, 4) is 0 Å². The quantitative estimate of drug-likeness (QED) is 0.943. The van der Waals surface area contributed by atoms with Crippen LogP contribution >= 0.6 is 0 Å². The first-order valence-electron chi connectivity index (χ1n) is 8.26. The molecule has 1 heterocycles. The van der Waals surface area contributed by atoms with Gasteiger partial charge in [0.1, 0.15) is 5.69 Å². The van der Waals surface area contributed by atoms with Crippen molar-refractivity contribution in [2.75, 3.05) is 7.05 Å². The van der Waals surface area contributed by atoms with Gasteiger partial charge in [-0.2, -0.15) is 0 Å². The van der Waals surface area contributed by atoms with Crippen LogP contribution in [-0.4, -0.2) is 33.4 Å². The molecule has 1 aliphatic carbocycles. The summed E-state index contributed by atoms with van der Waals surface area (Å²) in [5, 5.41) is 0. The average molecular weight is 313 g/mol. The largest absolute Gasteiger partial charge is 0.337 e. The Morgan fingerprint density at radius 3 is 2.61 bits per heavy atom. The van der Waals surface area contributed by atoms with E-state index in [-0.39, 0.29) is 17.6 Å². The van der Waals surface area contributed by atoms with Gasteiger partial charge in [-0.25, -0.2) is 4.79 Å². The van der Waals surface area contributed by atoms with Gasteiger partial charge < -0.3 is 9.88 Å². The fourth-order valence-electron chi connectivity index (χ4n) is 3.31. The van der Waals surface area contributed by atoms with Gasteiger partial charge >= 0.3 is 5.69 Å². The molecule has 0 bridgehead atoms. The van der Waals surface area contributed by atoms with Crippen LogP contribution in [0.3, 0.4) is 0 Å². The molecule has 122 valence electrons. The Bertz CT molecular complexity index is 711. The van der Waals surface area contributed by atoms with Gasteiger partial charge in [0.2, 0.25) is 0 Å². The fraction of sp³-hybridized carbons (Fsp3) is 0.444. The molecule has 1 saturated carbocycles. The minimum atomic E-state index is -0.241. The van der Waals surface area contributed by atoms with Crippen molar-refractivity contribution in [3.05, 3.63) is 58.3 Å². The molecule has 1 aromatic carbocycles. The third-order valence-electron chi connectivity index (χ3n) is 4.71. The van der Waals surface area contributed by atoms with E-state index in [4.69, 9.17) is 0 Å². The van der Waals surface area contributed by atoms with Gasteiger partial charge in [0.15, 0.2) is 0 Å². The van der Waals surface area contributed by atoms with Crippen molar-refractivity contribution in [1.82, 2.24) is 14.5 Å². The molecule has 5 nitrogen and oxygen atoms in total. The van der Waals surface area contributed by atoms with Crippen LogP contribution in [0.1, 0.15) is 48.2 Å². The average Bonchev–Trinajstić information content (AvgIpc) is 2.96. The normalized spacial score (nSPS) is 15.5. The van der Waals surface area contributed by atoms with Gasteiger partial charge in [-0.15, -0.1) is 0 Å². The molecule has 1 amide bonds. The van der Waals surface area contributed by atoms with Crippen LogP contribution in [0, 0.1) is 0 Å². The highest BCUT2D eigenvalue weighted by Crippen LogP contribution is 2.22. The van der Waals surface area contributed by atoms with Crippen LogP contribution in [-0.2, 0) is 6.54 Å². The molecule has 0 spiro atoms. The topological polar surface area (TPSA) is 58.1 Å². The van der Waals surface area contributed by atoms with E-state index in [1.165, 1.54) is 30.0 Å². The highest BCUT2D eigenvalue weighted by atomic mass is 16.2. The Morgan fingerprint density at radius 2 is 1.91 bits per heavy atom. The van der Waals surface area contributed by atoms with Gasteiger partial charge in [-0.05, 0) is 18.4 Å². The SMILES string of the molecule is CN(C(=O)c1c[nH]c(=O)n1Cc1ccccc1)C1CCCCC1. The second kappa shape index (κ2) is 6.86. The molecule has 0 unspecified atom stereocenters. The van der Waals surface area contributed by atoms with E-state index in [9.17, 15) is 9.59 Å². The maximum absolute atomic E-state index is 12.8. The van der Waals surface area contributed by atoms with Crippen molar-refractivity contribution in [1.29, 1.82) is 0 Å². The number of benzene rings is 1. The third kappa shape index (κ3) is 3.38. The number of H-pyrrole nitrogens is 1. The second-order valence-corrected chi connectivity index (χ2v) is 6.26. The number of carbonyl (C=O) groups is 1. The van der Waals surface area contributed by atoms with Crippen molar-refractivity contribution in [2.24, 2.45) is 0 Å². The standard InChI is InChI=1S/C18H23N3O2/c1-20(15-10-6-3-7-11-15)17(22)16-12-19-18(23)21(16)13-14-8-4-2-5-9-14/h2,4-5,8-9,12,15H,3,6-7,10-11,13H2,1H3,(H,19,23). The first kappa shape index (κ1) is 15.6. The smallest absolute Gasteiger partial charge is 0.326 e. The lowest BCUT2D eigenvalue weighted by Gasteiger charge is -2.31. The molecule has 0 radical (unpaired) electrons. The fourth-order valence-corrected chi connectivity index (χ4v) is 3.31. The van der Waals surface area contributed by atoms with Gasteiger partial charge in [0.25, 0.3) is 5.91 Å². The summed E-state index contributed by atoms with van der Waals surface area (Å²) < 4.78 is 1.52. The highest BCUT2D eigenvalue weighted by molar-refractivity contribution is 5.92. The summed E-state index contributed by atoms with van der Waals surface area (Å²) in [6.45, 7) is 0.406. The molecule has 0 saturated heterocycles. The van der Waals surface area contributed by atoms with E-state index in [1.54, 1.807) is 0 Å². The molecule has 1 fully saturated rings. The number of nitrogens with zero attached hydrogens (tertiary/aromatic N) is 2. The van der Waals surface area contributed by atoms with Gasteiger partial charge in [-0.3, -0.25) is 9.36 Å². The van der Waals surface area contributed by atoms with Crippen LogP contribution in [0.2, 0.25) is 0 Å². The molecule has 3 rings (SSSR count). The van der Waals surface area contributed by atoms with Gasteiger partial charge in [0, 0.05) is 19.3 Å². The number of rotatable bonds is 4. The van der Waals surface area contributed by atoms with Crippen molar-refractivity contribution >= 4 is 5.91 Å². The number of nitrogens with one attached hydrogen (secondary N) is 1. The summed E-state index contributed by atoms with van der Waals surface area (Å²) in [7, 11) is 1.85. The van der Waals surface area contributed by atoms with E-state index < -0.39 is 0 Å². The van der Waals surface area contributed by atoms with E-state index in [0.29, 0.717) is 12.2 Å². The Balaban J connectivity index is 1.82. The van der Waals surface area contributed by atoms with Gasteiger partial charge in [-0.1, -0.05) is 49.6 Å². The Kier molecular flexibility index (Phi) is 4.65. The second-order valence-electron chi connectivity index (χ2n) is 6.26. The molecule has 1 N–H and O–H groups in total. The lowest BCUT2D eigenvalue weighted by atomic mass is 9.94. The predicted octanol–water partition coefficient (Wildman–Crippen LogP) is 2.63. The summed E-state index contributed by atoms with van der Waals surface area (Å²) in [5.41, 5.74) is 1.20.